The fraction of sp³-hybridized carbons (Fsp3) is 0.500. The average Bonchev–Trinajstić information content (AvgIpc) is 3.23. The molecule has 1 aromatic heterocycles. The summed E-state index contributed by atoms with van der Waals surface area (Å²) < 4.78 is 5.44. The van der Waals surface area contributed by atoms with Crippen molar-refractivity contribution in [3.05, 3.63) is 59.0 Å². The van der Waals surface area contributed by atoms with Crippen molar-refractivity contribution in [3.8, 4) is 0 Å². The molecule has 1 N–H and O–H groups in total. The van der Waals surface area contributed by atoms with Gasteiger partial charge in [0.05, 0.1) is 0 Å². The first-order chi connectivity index (χ1) is 14.8. The number of fused-ring (bicyclic) bond motifs is 1. The Kier molecular flexibility index (Phi) is 6.05. The summed E-state index contributed by atoms with van der Waals surface area (Å²) in [5, 5.41) is 3.12. The standard InChI is InChI=1S/C24H32N4O3/c1-18-8-9-21(31-18)22(29)26-12-14-27(15-13-26)23(30)25-17-24(2,3)28-11-10-19-6-4-5-7-20(19)16-28/h4-9H,10-17H2,1-3H3,(H,25,30). The molecule has 0 aliphatic carbocycles. The van der Waals surface area contributed by atoms with E-state index in [1.54, 1.807) is 21.9 Å². The van der Waals surface area contributed by atoms with Crippen LogP contribution >= 0.6 is 0 Å². The van der Waals surface area contributed by atoms with E-state index in [0.717, 1.165) is 25.3 Å². The second kappa shape index (κ2) is 8.75. The van der Waals surface area contributed by atoms with Crippen LogP contribution in [0.1, 0.15) is 41.3 Å². The first-order valence-electron chi connectivity index (χ1n) is 11.0. The number of aryl methyl sites for hydroxylation is 1. The van der Waals surface area contributed by atoms with Crippen LogP contribution in [-0.2, 0) is 13.0 Å². The highest BCUT2D eigenvalue weighted by atomic mass is 16.3. The van der Waals surface area contributed by atoms with Gasteiger partial charge in [-0.2, -0.15) is 0 Å². The SMILES string of the molecule is Cc1ccc(C(=O)N2CCN(C(=O)NCC(C)(C)N3CCc4ccccc4C3)CC2)o1. The minimum Gasteiger partial charge on any atom is -0.456 e. The second-order valence-corrected chi connectivity index (χ2v) is 9.10. The molecular formula is C24H32N4O3. The van der Waals surface area contributed by atoms with Crippen LogP contribution < -0.4 is 5.32 Å². The molecule has 4 rings (SSSR count). The Hall–Kier alpha value is -2.80. The number of benzene rings is 1. The predicted molar refractivity (Wildman–Crippen MR) is 119 cm³/mol. The molecule has 3 amide bonds. The third-order valence-electron chi connectivity index (χ3n) is 6.46. The summed E-state index contributed by atoms with van der Waals surface area (Å²) in [5.74, 6) is 0.973. The lowest BCUT2D eigenvalue weighted by Gasteiger charge is -2.42. The van der Waals surface area contributed by atoms with Gasteiger partial charge in [0.2, 0.25) is 0 Å². The minimum absolute atomic E-state index is 0.0635. The molecule has 0 radical (unpaired) electrons. The molecule has 0 atom stereocenters. The van der Waals surface area contributed by atoms with Crippen molar-refractivity contribution < 1.29 is 14.0 Å². The van der Waals surface area contributed by atoms with Gasteiger partial charge in [-0.1, -0.05) is 24.3 Å². The Balaban J connectivity index is 1.26. The molecule has 3 heterocycles. The summed E-state index contributed by atoms with van der Waals surface area (Å²) in [7, 11) is 0. The van der Waals surface area contributed by atoms with E-state index < -0.39 is 0 Å². The fourth-order valence-electron chi connectivity index (χ4n) is 4.35. The van der Waals surface area contributed by atoms with Crippen LogP contribution in [0.3, 0.4) is 0 Å². The predicted octanol–water partition coefficient (Wildman–Crippen LogP) is 2.89. The van der Waals surface area contributed by atoms with Crippen LogP contribution in [-0.4, -0.2) is 71.4 Å². The average molecular weight is 425 g/mol. The molecule has 2 aromatic rings. The molecule has 0 bridgehead atoms. The molecule has 1 fully saturated rings. The van der Waals surface area contributed by atoms with Gasteiger partial charge in [0, 0.05) is 51.4 Å². The Morgan fingerprint density at radius 3 is 2.32 bits per heavy atom. The Labute approximate surface area is 184 Å². The summed E-state index contributed by atoms with van der Waals surface area (Å²) in [6.07, 6.45) is 1.04. The van der Waals surface area contributed by atoms with Crippen LogP contribution in [0, 0.1) is 6.92 Å². The van der Waals surface area contributed by atoms with Crippen molar-refractivity contribution in [2.24, 2.45) is 0 Å². The van der Waals surface area contributed by atoms with Gasteiger partial charge < -0.3 is 19.5 Å². The molecule has 0 spiro atoms. The van der Waals surface area contributed by atoms with Crippen molar-refractivity contribution in [2.75, 3.05) is 39.3 Å². The number of amides is 3. The zero-order valence-corrected chi connectivity index (χ0v) is 18.7. The van der Waals surface area contributed by atoms with Crippen molar-refractivity contribution in [1.82, 2.24) is 20.0 Å². The molecule has 2 aliphatic heterocycles. The molecule has 0 unspecified atom stereocenters. The zero-order chi connectivity index (χ0) is 22.0. The third kappa shape index (κ3) is 4.77. The van der Waals surface area contributed by atoms with Gasteiger partial charge in [0.15, 0.2) is 5.76 Å². The topological polar surface area (TPSA) is 69.0 Å². The largest absolute Gasteiger partial charge is 0.456 e. The summed E-state index contributed by atoms with van der Waals surface area (Å²) in [4.78, 5) is 31.2. The van der Waals surface area contributed by atoms with Crippen molar-refractivity contribution in [3.63, 3.8) is 0 Å². The van der Waals surface area contributed by atoms with Gasteiger partial charge in [-0.3, -0.25) is 9.69 Å². The molecule has 1 aromatic carbocycles. The molecule has 0 saturated carbocycles. The third-order valence-corrected chi connectivity index (χ3v) is 6.46. The zero-order valence-electron chi connectivity index (χ0n) is 18.7. The number of nitrogens with zero attached hydrogens (tertiary/aromatic N) is 3. The van der Waals surface area contributed by atoms with Gasteiger partial charge >= 0.3 is 6.03 Å². The van der Waals surface area contributed by atoms with E-state index in [-0.39, 0.29) is 17.5 Å². The van der Waals surface area contributed by atoms with E-state index in [0.29, 0.717) is 38.5 Å². The summed E-state index contributed by atoms with van der Waals surface area (Å²) in [6, 6.07) is 12.0. The van der Waals surface area contributed by atoms with Gasteiger partial charge in [-0.05, 0) is 50.5 Å². The number of urea groups is 1. The minimum atomic E-state index is -0.141. The monoisotopic (exact) mass is 424 g/mol. The highest BCUT2D eigenvalue weighted by molar-refractivity contribution is 5.91. The van der Waals surface area contributed by atoms with E-state index in [1.165, 1.54) is 11.1 Å². The number of rotatable bonds is 4. The molecule has 1 saturated heterocycles. The Bertz CT molecular complexity index is 944. The van der Waals surface area contributed by atoms with Gasteiger partial charge in [-0.15, -0.1) is 0 Å². The van der Waals surface area contributed by atoms with Crippen LogP contribution in [0.4, 0.5) is 4.79 Å². The van der Waals surface area contributed by atoms with Crippen molar-refractivity contribution >= 4 is 11.9 Å². The maximum Gasteiger partial charge on any atom is 0.317 e. The summed E-state index contributed by atoms with van der Waals surface area (Å²) in [5.41, 5.74) is 2.66. The van der Waals surface area contributed by atoms with Gasteiger partial charge in [-0.25, -0.2) is 4.79 Å². The van der Waals surface area contributed by atoms with Crippen LogP contribution in [0.15, 0.2) is 40.8 Å². The van der Waals surface area contributed by atoms with E-state index in [1.807, 2.05) is 6.92 Å². The maximum absolute atomic E-state index is 12.8. The molecule has 166 valence electrons. The fourth-order valence-corrected chi connectivity index (χ4v) is 4.35. The highest BCUT2D eigenvalue weighted by Gasteiger charge is 2.31. The number of hydrogen-bond donors (Lipinski definition) is 1. The lowest BCUT2D eigenvalue weighted by Crippen LogP contribution is -2.57. The van der Waals surface area contributed by atoms with Gasteiger partial charge in [0.1, 0.15) is 5.76 Å². The Morgan fingerprint density at radius 2 is 1.65 bits per heavy atom. The molecule has 2 aliphatic rings. The number of furan rings is 1. The Morgan fingerprint density at radius 1 is 0.968 bits per heavy atom. The van der Waals surface area contributed by atoms with E-state index in [2.05, 4.69) is 48.3 Å². The van der Waals surface area contributed by atoms with Crippen LogP contribution in [0.5, 0.6) is 0 Å². The van der Waals surface area contributed by atoms with Crippen LogP contribution in [0.2, 0.25) is 0 Å². The first-order valence-corrected chi connectivity index (χ1v) is 11.0. The number of carbonyl (C=O) groups is 2. The summed E-state index contributed by atoms with van der Waals surface area (Å²) in [6.45, 7) is 10.7. The van der Waals surface area contributed by atoms with E-state index >= 15 is 0 Å². The maximum atomic E-state index is 12.8. The number of hydrogen-bond acceptors (Lipinski definition) is 4. The first kappa shape index (κ1) is 21.4. The van der Waals surface area contributed by atoms with E-state index in [4.69, 9.17) is 4.42 Å². The molecule has 7 heteroatoms. The van der Waals surface area contributed by atoms with Crippen LogP contribution in [0.25, 0.3) is 0 Å². The van der Waals surface area contributed by atoms with Crippen molar-refractivity contribution in [1.29, 1.82) is 0 Å². The number of nitrogens with one attached hydrogen (secondary N) is 1. The smallest absolute Gasteiger partial charge is 0.317 e. The quantitative estimate of drug-likeness (QED) is 0.820. The molecular weight excluding hydrogens is 392 g/mol. The number of carbonyl (C=O) groups excluding carboxylic acids is 2. The van der Waals surface area contributed by atoms with Gasteiger partial charge in [0.25, 0.3) is 5.91 Å². The lowest BCUT2D eigenvalue weighted by atomic mass is 9.94. The second-order valence-electron chi connectivity index (χ2n) is 9.10. The molecule has 31 heavy (non-hydrogen) atoms. The highest BCUT2D eigenvalue weighted by Crippen LogP contribution is 2.25. The van der Waals surface area contributed by atoms with Crippen molar-refractivity contribution in [2.45, 2.75) is 39.3 Å². The van der Waals surface area contributed by atoms with E-state index in [9.17, 15) is 9.59 Å². The lowest BCUT2D eigenvalue weighted by molar-refractivity contribution is 0.0626. The molecule has 7 nitrogen and oxygen atoms in total. The normalized spacial score (nSPS) is 17.4. The summed E-state index contributed by atoms with van der Waals surface area (Å²) >= 11 is 0. The number of piperazine rings is 1.